The molecule has 0 heterocycles. The van der Waals surface area contributed by atoms with Gasteiger partial charge in [0.25, 0.3) is 0 Å². The molecule has 0 rings (SSSR count). The predicted molar refractivity (Wildman–Crippen MR) is 57.8 cm³/mol. The predicted octanol–water partition coefficient (Wildman–Crippen LogP) is 1.34. The number of urea groups is 1. The summed E-state index contributed by atoms with van der Waals surface area (Å²) >= 11 is 0. The van der Waals surface area contributed by atoms with E-state index in [2.05, 4.69) is 10.6 Å². The molecule has 0 bridgehead atoms. The van der Waals surface area contributed by atoms with E-state index in [4.69, 9.17) is 5.11 Å². The van der Waals surface area contributed by atoms with Crippen LogP contribution in [0.15, 0.2) is 0 Å². The molecular weight excluding hydrogens is 196 g/mol. The van der Waals surface area contributed by atoms with E-state index in [1.54, 1.807) is 0 Å². The van der Waals surface area contributed by atoms with E-state index in [0.717, 1.165) is 12.8 Å². The lowest BCUT2D eigenvalue weighted by molar-refractivity contribution is -0.139. The van der Waals surface area contributed by atoms with Gasteiger partial charge in [0.15, 0.2) is 0 Å². The van der Waals surface area contributed by atoms with Crippen LogP contribution in [-0.4, -0.2) is 29.2 Å². The maximum absolute atomic E-state index is 11.3. The number of nitrogens with one attached hydrogen (secondary N) is 2. The number of carboxylic acid groups (broad SMARTS) is 1. The first-order valence-electron chi connectivity index (χ1n) is 5.31. The number of carbonyl (C=O) groups is 2. The Morgan fingerprint density at radius 2 is 1.87 bits per heavy atom. The van der Waals surface area contributed by atoms with Crippen LogP contribution in [0.25, 0.3) is 0 Å². The van der Waals surface area contributed by atoms with Gasteiger partial charge in [-0.3, -0.25) is 0 Å². The molecule has 0 aromatic heterocycles. The fraction of sp³-hybridized carbons (Fsp3) is 0.800. The first kappa shape index (κ1) is 13.7. The Morgan fingerprint density at radius 1 is 1.27 bits per heavy atom. The number of hydrogen-bond acceptors (Lipinski definition) is 2. The molecule has 2 atom stereocenters. The quantitative estimate of drug-likeness (QED) is 0.627. The Kier molecular flexibility index (Phi) is 6.49. The molecule has 0 aromatic carbocycles. The summed E-state index contributed by atoms with van der Waals surface area (Å²) < 4.78 is 0. The molecule has 2 amide bonds. The van der Waals surface area contributed by atoms with Gasteiger partial charge in [-0.2, -0.15) is 0 Å². The van der Waals surface area contributed by atoms with Crippen LogP contribution < -0.4 is 10.6 Å². The zero-order valence-corrected chi connectivity index (χ0v) is 9.54. The minimum absolute atomic E-state index is 0.0565. The second kappa shape index (κ2) is 7.09. The Bertz CT molecular complexity index is 219. The van der Waals surface area contributed by atoms with Crippen LogP contribution in [0.5, 0.6) is 0 Å². The lowest BCUT2D eigenvalue weighted by Crippen LogP contribution is -2.48. The summed E-state index contributed by atoms with van der Waals surface area (Å²) in [5.41, 5.74) is 0. The van der Waals surface area contributed by atoms with Crippen molar-refractivity contribution < 1.29 is 14.7 Å². The summed E-state index contributed by atoms with van der Waals surface area (Å²) in [6.45, 7) is 5.70. The molecular formula is C10H20N2O3. The molecule has 0 spiro atoms. The smallest absolute Gasteiger partial charge is 0.326 e. The number of rotatable bonds is 6. The average molecular weight is 216 g/mol. The molecule has 3 N–H and O–H groups in total. The molecule has 0 saturated heterocycles. The van der Waals surface area contributed by atoms with Crippen molar-refractivity contribution in [3.63, 3.8) is 0 Å². The maximum Gasteiger partial charge on any atom is 0.326 e. The summed E-state index contributed by atoms with van der Waals surface area (Å²) in [6.07, 6.45) is 1.99. The van der Waals surface area contributed by atoms with Crippen molar-refractivity contribution in [2.24, 2.45) is 0 Å². The van der Waals surface area contributed by atoms with E-state index < -0.39 is 18.0 Å². The van der Waals surface area contributed by atoms with Crippen LogP contribution >= 0.6 is 0 Å². The molecule has 0 radical (unpaired) electrons. The van der Waals surface area contributed by atoms with Crippen LogP contribution in [0.2, 0.25) is 0 Å². The molecule has 0 fully saturated rings. The van der Waals surface area contributed by atoms with Gasteiger partial charge in [0, 0.05) is 6.04 Å². The van der Waals surface area contributed by atoms with Gasteiger partial charge in [0.05, 0.1) is 0 Å². The van der Waals surface area contributed by atoms with E-state index in [9.17, 15) is 9.59 Å². The molecule has 0 aliphatic carbocycles. The SMILES string of the molecule is CCC[C@@H](NC(=O)NC(C)CC)C(=O)O. The first-order valence-corrected chi connectivity index (χ1v) is 5.31. The normalized spacial score (nSPS) is 14.1. The largest absolute Gasteiger partial charge is 0.480 e. The van der Waals surface area contributed by atoms with Crippen molar-refractivity contribution >= 4 is 12.0 Å². The molecule has 0 aliphatic heterocycles. The molecule has 1 unspecified atom stereocenters. The van der Waals surface area contributed by atoms with Gasteiger partial charge in [-0.05, 0) is 19.8 Å². The number of amides is 2. The lowest BCUT2D eigenvalue weighted by Gasteiger charge is -2.16. The van der Waals surface area contributed by atoms with Crippen LogP contribution in [0.3, 0.4) is 0 Å². The molecule has 5 heteroatoms. The Labute approximate surface area is 90.2 Å². The fourth-order valence-electron chi connectivity index (χ4n) is 1.07. The summed E-state index contributed by atoms with van der Waals surface area (Å²) in [6, 6.07) is -1.15. The highest BCUT2D eigenvalue weighted by Crippen LogP contribution is 1.97. The Morgan fingerprint density at radius 3 is 2.27 bits per heavy atom. The highest BCUT2D eigenvalue weighted by Gasteiger charge is 2.18. The summed E-state index contributed by atoms with van der Waals surface area (Å²) in [5, 5.41) is 13.9. The minimum Gasteiger partial charge on any atom is -0.480 e. The number of carboxylic acids is 1. The zero-order chi connectivity index (χ0) is 11.8. The third-order valence-corrected chi connectivity index (χ3v) is 2.17. The topological polar surface area (TPSA) is 78.4 Å². The third kappa shape index (κ3) is 5.93. The Balaban J connectivity index is 4.05. The lowest BCUT2D eigenvalue weighted by atomic mass is 10.2. The Hall–Kier alpha value is -1.26. The van der Waals surface area contributed by atoms with Crippen molar-refractivity contribution in [1.29, 1.82) is 0 Å². The highest BCUT2D eigenvalue weighted by atomic mass is 16.4. The van der Waals surface area contributed by atoms with Gasteiger partial charge in [-0.25, -0.2) is 9.59 Å². The third-order valence-electron chi connectivity index (χ3n) is 2.17. The van der Waals surface area contributed by atoms with Gasteiger partial charge >= 0.3 is 12.0 Å². The van der Waals surface area contributed by atoms with Crippen molar-refractivity contribution in [1.82, 2.24) is 10.6 Å². The zero-order valence-electron chi connectivity index (χ0n) is 9.54. The monoisotopic (exact) mass is 216 g/mol. The van der Waals surface area contributed by atoms with Crippen LogP contribution in [0.4, 0.5) is 4.79 Å². The van der Waals surface area contributed by atoms with Crippen molar-refractivity contribution in [2.75, 3.05) is 0 Å². The average Bonchev–Trinajstić information content (AvgIpc) is 2.16. The standard InChI is InChI=1S/C10H20N2O3/c1-4-6-8(9(13)14)12-10(15)11-7(3)5-2/h7-8H,4-6H2,1-3H3,(H,13,14)(H2,11,12,15)/t7?,8-/m1/s1. The fourth-order valence-corrected chi connectivity index (χ4v) is 1.07. The minimum atomic E-state index is -0.990. The number of hydrogen-bond donors (Lipinski definition) is 3. The van der Waals surface area contributed by atoms with Gasteiger partial charge in [-0.1, -0.05) is 20.3 Å². The van der Waals surface area contributed by atoms with Crippen LogP contribution in [0.1, 0.15) is 40.0 Å². The summed E-state index contributed by atoms with van der Waals surface area (Å²) in [7, 11) is 0. The first-order chi connectivity index (χ1) is 7.01. The number of aliphatic carboxylic acids is 1. The van der Waals surface area contributed by atoms with Crippen molar-refractivity contribution in [2.45, 2.75) is 52.1 Å². The second-order valence-electron chi connectivity index (χ2n) is 3.61. The highest BCUT2D eigenvalue weighted by molar-refractivity contribution is 5.82. The van der Waals surface area contributed by atoms with Gasteiger partial charge < -0.3 is 15.7 Å². The van der Waals surface area contributed by atoms with E-state index in [1.165, 1.54) is 0 Å². The van der Waals surface area contributed by atoms with Gasteiger partial charge in [0.2, 0.25) is 0 Å². The molecule has 0 saturated carbocycles. The van der Waals surface area contributed by atoms with E-state index in [0.29, 0.717) is 6.42 Å². The molecule has 0 aliphatic rings. The van der Waals surface area contributed by atoms with Crippen molar-refractivity contribution in [3.8, 4) is 0 Å². The molecule has 15 heavy (non-hydrogen) atoms. The number of carbonyl (C=O) groups excluding carboxylic acids is 1. The van der Waals surface area contributed by atoms with E-state index in [-0.39, 0.29) is 6.04 Å². The van der Waals surface area contributed by atoms with E-state index in [1.807, 2.05) is 20.8 Å². The molecule has 88 valence electrons. The van der Waals surface area contributed by atoms with Crippen molar-refractivity contribution in [3.05, 3.63) is 0 Å². The maximum atomic E-state index is 11.3. The molecule has 0 aromatic rings. The van der Waals surface area contributed by atoms with Crippen LogP contribution in [-0.2, 0) is 4.79 Å². The summed E-state index contributed by atoms with van der Waals surface area (Å²) in [4.78, 5) is 22.1. The van der Waals surface area contributed by atoms with Gasteiger partial charge in [0.1, 0.15) is 6.04 Å². The van der Waals surface area contributed by atoms with Gasteiger partial charge in [-0.15, -0.1) is 0 Å². The van der Waals surface area contributed by atoms with E-state index >= 15 is 0 Å². The molecule has 5 nitrogen and oxygen atoms in total. The van der Waals surface area contributed by atoms with Crippen LogP contribution in [0, 0.1) is 0 Å². The second-order valence-corrected chi connectivity index (χ2v) is 3.61. The summed E-state index contributed by atoms with van der Waals surface area (Å²) in [5.74, 6) is -0.990.